The molecular formula is C16H22N2O2. The number of hydrogen-bond donors (Lipinski definition) is 2. The van der Waals surface area contributed by atoms with Gasteiger partial charge in [0.15, 0.2) is 0 Å². The van der Waals surface area contributed by atoms with E-state index in [0.717, 1.165) is 23.1 Å². The predicted octanol–water partition coefficient (Wildman–Crippen LogP) is 2.68. The van der Waals surface area contributed by atoms with Gasteiger partial charge in [0.1, 0.15) is 5.75 Å². The molecule has 0 heterocycles. The average molecular weight is 274 g/mol. The molecule has 2 aliphatic carbocycles. The molecule has 2 fully saturated rings. The van der Waals surface area contributed by atoms with Crippen molar-refractivity contribution in [3.8, 4) is 5.75 Å². The highest BCUT2D eigenvalue weighted by atomic mass is 16.5. The van der Waals surface area contributed by atoms with Crippen LogP contribution in [0.25, 0.3) is 0 Å². The van der Waals surface area contributed by atoms with Crippen molar-refractivity contribution in [1.29, 1.82) is 0 Å². The normalized spacial score (nSPS) is 17.9. The zero-order valence-corrected chi connectivity index (χ0v) is 11.9. The summed E-state index contributed by atoms with van der Waals surface area (Å²) < 4.78 is 5.18. The number of nitrogens with one attached hydrogen (secondary N) is 2. The molecule has 0 spiro atoms. The topological polar surface area (TPSA) is 50.4 Å². The van der Waals surface area contributed by atoms with Crippen LogP contribution >= 0.6 is 0 Å². The first-order valence-electron chi connectivity index (χ1n) is 7.43. The van der Waals surface area contributed by atoms with Crippen LogP contribution in [-0.4, -0.2) is 19.2 Å². The quantitative estimate of drug-likeness (QED) is 0.838. The van der Waals surface area contributed by atoms with Gasteiger partial charge in [0.25, 0.3) is 0 Å². The molecule has 20 heavy (non-hydrogen) atoms. The fourth-order valence-corrected chi connectivity index (χ4v) is 2.70. The van der Waals surface area contributed by atoms with Crippen molar-refractivity contribution in [2.75, 3.05) is 7.11 Å². The van der Waals surface area contributed by atoms with Crippen molar-refractivity contribution < 1.29 is 9.53 Å². The fraction of sp³-hybridized carbons (Fsp3) is 0.562. The Bertz CT molecular complexity index is 469. The number of rotatable bonds is 6. The van der Waals surface area contributed by atoms with Gasteiger partial charge in [-0.2, -0.15) is 0 Å². The lowest BCUT2D eigenvalue weighted by molar-refractivity contribution is 0.233. The summed E-state index contributed by atoms with van der Waals surface area (Å²) in [7, 11) is 1.65. The average Bonchev–Trinajstić information content (AvgIpc) is 3.35. The Balaban J connectivity index is 1.48. The first-order valence-corrected chi connectivity index (χ1v) is 7.43. The van der Waals surface area contributed by atoms with Crippen molar-refractivity contribution in [3.63, 3.8) is 0 Å². The molecule has 108 valence electrons. The predicted molar refractivity (Wildman–Crippen MR) is 77.6 cm³/mol. The Hall–Kier alpha value is -1.71. The van der Waals surface area contributed by atoms with Gasteiger partial charge in [0.2, 0.25) is 0 Å². The smallest absolute Gasteiger partial charge is 0.315 e. The van der Waals surface area contributed by atoms with Crippen LogP contribution in [0, 0.1) is 11.8 Å². The minimum Gasteiger partial charge on any atom is -0.497 e. The molecule has 2 saturated carbocycles. The van der Waals surface area contributed by atoms with E-state index in [9.17, 15) is 4.79 Å². The maximum absolute atomic E-state index is 12.0. The van der Waals surface area contributed by atoms with Gasteiger partial charge in [0.05, 0.1) is 7.11 Å². The number of ether oxygens (including phenoxy) is 1. The number of urea groups is 1. The van der Waals surface area contributed by atoms with Gasteiger partial charge >= 0.3 is 6.03 Å². The Morgan fingerprint density at radius 3 is 2.60 bits per heavy atom. The minimum absolute atomic E-state index is 0.0448. The molecule has 4 nitrogen and oxygen atoms in total. The maximum Gasteiger partial charge on any atom is 0.315 e. The Morgan fingerprint density at radius 1 is 1.30 bits per heavy atom. The second-order valence-corrected chi connectivity index (χ2v) is 5.88. The van der Waals surface area contributed by atoms with Gasteiger partial charge in [-0.05, 0) is 55.2 Å². The SMILES string of the molecule is COc1cccc(CNC(=O)NC(C2CC2)C2CC2)c1. The van der Waals surface area contributed by atoms with E-state index >= 15 is 0 Å². The van der Waals surface area contributed by atoms with E-state index in [2.05, 4.69) is 10.6 Å². The second-order valence-electron chi connectivity index (χ2n) is 5.88. The molecular weight excluding hydrogens is 252 g/mol. The van der Waals surface area contributed by atoms with Gasteiger partial charge in [-0.3, -0.25) is 0 Å². The largest absolute Gasteiger partial charge is 0.497 e. The zero-order valence-electron chi connectivity index (χ0n) is 11.9. The van der Waals surface area contributed by atoms with Gasteiger partial charge in [-0.25, -0.2) is 4.79 Å². The first-order chi connectivity index (χ1) is 9.76. The number of benzene rings is 1. The molecule has 0 aliphatic heterocycles. The van der Waals surface area contributed by atoms with Crippen LogP contribution in [0.2, 0.25) is 0 Å². The van der Waals surface area contributed by atoms with E-state index in [0.29, 0.717) is 12.6 Å². The van der Waals surface area contributed by atoms with Gasteiger partial charge in [0, 0.05) is 12.6 Å². The summed E-state index contributed by atoms with van der Waals surface area (Å²) in [6.07, 6.45) is 5.10. The molecule has 0 saturated heterocycles. The summed E-state index contributed by atoms with van der Waals surface area (Å²) in [6.45, 7) is 0.533. The Morgan fingerprint density at radius 2 is 2.00 bits per heavy atom. The van der Waals surface area contributed by atoms with Crippen molar-refractivity contribution >= 4 is 6.03 Å². The number of hydrogen-bond acceptors (Lipinski definition) is 2. The lowest BCUT2D eigenvalue weighted by atomic mass is 10.1. The molecule has 0 radical (unpaired) electrons. The highest BCUT2D eigenvalue weighted by Gasteiger charge is 2.42. The highest BCUT2D eigenvalue weighted by molar-refractivity contribution is 5.74. The van der Waals surface area contributed by atoms with Crippen molar-refractivity contribution in [3.05, 3.63) is 29.8 Å². The van der Waals surface area contributed by atoms with Crippen LogP contribution in [0.15, 0.2) is 24.3 Å². The molecule has 0 unspecified atom stereocenters. The minimum atomic E-state index is -0.0448. The molecule has 3 rings (SSSR count). The lowest BCUT2D eigenvalue weighted by Crippen LogP contribution is -2.44. The van der Waals surface area contributed by atoms with Crippen LogP contribution in [0.5, 0.6) is 5.75 Å². The molecule has 0 bridgehead atoms. The van der Waals surface area contributed by atoms with Crippen molar-refractivity contribution in [2.45, 2.75) is 38.3 Å². The Kier molecular flexibility index (Phi) is 3.81. The number of methoxy groups -OCH3 is 1. The number of carbonyl (C=O) groups excluding carboxylic acids is 1. The van der Waals surface area contributed by atoms with Crippen LogP contribution in [-0.2, 0) is 6.54 Å². The molecule has 0 atom stereocenters. The van der Waals surface area contributed by atoms with E-state index in [4.69, 9.17) is 4.74 Å². The van der Waals surface area contributed by atoms with E-state index in [1.807, 2.05) is 24.3 Å². The summed E-state index contributed by atoms with van der Waals surface area (Å²) in [6, 6.07) is 8.13. The zero-order chi connectivity index (χ0) is 13.9. The summed E-state index contributed by atoms with van der Waals surface area (Å²) >= 11 is 0. The van der Waals surface area contributed by atoms with Crippen LogP contribution in [0.3, 0.4) is 0 Å². The van der Waals surface area contributed by atoms with Crippen molar-refractivity contribution in [1.82, 2.24) is 10.6 Å². The molecule has 2 N–H and O–H groups in total. The molecule has 0 aromatic heterocycles. The third-order valence-electron chi connectivity index (χ3n) is 4.14. The summed E-state index contributed by atoms with van der Waals surface area (Å²) in [5.41, 5.74) is 1.05. The van der Waals surface area contributed by atoms with E-state index < -0.39 is 0 Å². The first kappa shape index (κ1) is 13.3. The third-order valence-corrected chi connectivity index (χ3v) is 4.14. The second kappa shape index (κ2) is 5.73. The summed E-state index contributed by atoms with van der Waals surface area (Å²) in [4.78, 5) is 12.0. The number of amides is 2. The maximum atomic E-state index is 12.0. The van der Waals surface area contributed by atoms with Gasteiger partial charge in [-0.1, -0.05) is 12.1 Å². The van der Waals surface area contributed by atoms with Crippen molar-refractivity contribution in [2.24, 2.45) is 11.8 Å². The highest BCUT2D eigenvalue weighted by Crippen LogP contribution is 2.44. The fourth-order valence-electron chi connectivity index (χ4n) is 2.70. The van der Waals surface area contributed by atoms with Crippen LogP contribution in [0.4, 0.5) is 4.79 Å². The van der Waals surface area contributed by atoms with E-state index in [-0.39, 0.29) is 6.03 Å². The third kappa shape index (κ3) is 3.44. The van der Waals surface area contributed by atoms with Crippen LogP contribution in [0.1, 0.15) is 31.2 Å². The molecule has 1 aromatic carbocycles. The molecule has 2 aliphatic rings. The molecule has 2 amide bonds. The standard InChI is InChI=1S/C16H22N2O2/c1-20-14-4-2-3-11(9-14)10-17-16(19)18-15(12-5-6-12)13-7-8-13/h2-4,9,12-13,15H,5-8,10H2,1H3,(H2,17,18,19). The molecule has 4 heteroatoms. The Labute approximate surface area is 119 Å². The monoisotopic (exact) mass is 274 g/mol. The van der Waals surface area contributed by atoms with Gasteiger partial charge in [-0.15, -0.1) is 0 Å². The number of carbonyl (C=O) groups is 1. The van der Waals surface area contributed by atoms with E-state index in [1.54, 1.807) is 7.11 Å². The summed E-state index contributed by atoms with van der Waals surface area (Å²) in [5, 5.41) is 6.10. The summed E-state index contributed by atoms with van der Waals surface area (Å²) in [5.74, 6) is 2.27. The van der Waals surface area contributed by atoms with Crippen LogP contribution < -0.4 is 15.4 Å². The molecule has 1 aromatic rings. The lowest BCUT2D eigenvalue weighted by Gasteiger charge is -2.18. The van der Waals surface area contributed by atoms with Gasteiger partial charge < -0.3 is 15.4 Å². The van der Waals surface area contributed by atoms with E-state index in [1.165, 1.54) is 25.7 Å².